The highest BCUT2D eigenvalue weighted by Crippen LogP contribution is 2.17. The van der Waals surface area contributed by atoms with Gasteiger partial charge in [0.05, 0.1) is 6.54 Å². The molecule has 0 atom stereocenters. The van der Waals surface area contributed by atoms with Crippen LogP contribution in [0.2, 0.25) is 0 Å². The molecule has 0 spiro atoms. The second-order valence-corrected chi connectivity index (χ2v) is 11.4. The van der Waals surface area contributed by atoms with Crippen molar-refractivity contribution >= 4 is 23.2 Å². The normalized spacial score (nSPS) is 13.5. The average molecular weight is 550 g/mol. The number of aryl methyl sites for hydroxylation is 1. The van der Waals surface area contributed by atoms with Crippen molar-refractivity contribution in [3.05, 3.63) is 93.4 Å². The van der Waals surface area contributed by atoms with Gasteiger partial charge in [-0.1, -0.05) is 50.1 Å². The number of unbranched alkanes of at least 4 members (excludes halogenated alkanes) is 2. The lowest BCUT2D eigenvalue weighted by Crippen LogP contribution is -2.45. The summed E-state index contributed by atoms with van der Waals surface area (Å²) >= 11 is 1.60. The molecule has 1 saturated heterocycles. The summed E-state index contributed by atoms with van der Waals surface area (Å²) < 4.78 is 13.5. The van der Waals surface area contributed by atoms with Gasteiger partial charge in [0.15, 0.2) is 0 Å². The van der Waals surface area contributed by atoms with Crippen molar-refractivity contribution in [1.82, 2.24) is 14.7 Å². The fraction of sp³-hybridized carbons (Fsp3) is 0.438. The molecule has 1 aliphatic rings. The summed E-state index contributed by atoms with van der Waals surface area (Å²) in [5.74, 6) is -0.524. The van der Waals surface area contributed by atoms with E-state index in [0.717, 1.165) is 42.9 Å². The number of likely N-dealkylation sites (tertiary alicyclic amines) is 1. The highest BCUT2D eigenvalue weighted by Gasteiger charge is 2.24. The van der Waals surface area contributed by atoms with Gasteiger partial charge in [0.1, 0.15) is 12.4 Å². The maximum absolute atomic E-state index is 13.7. The molecule has 2 amide bonds. The van der Waals surface area contributed by atoms with E-state index in [1.807, 2.05) is 41.8 Å². The minimum atomic E-state index is -0.301. The van der Waals surface area contributed by atoms with Gasteiger partial charge in [-0.05, 0) is 85.6 Å². The molecule has 0 radical (unpaired) electrons. The maximum Gasteiger partial charge on any atom is 0.254 e. The predicted molar refractivity (Wildman–Crippen MR) is 156 cm³/mol. The van der Waals surface area contributed by atoms with Crippen LogP contribution in [0.4, 0.5) is 4.39 Å². The summed E-state index contributed by atoms with van der Waals surface area (Å²) in [4.78, 5) is 34.3. The number of carbonyl (C=O) groups is 2. The lowest BCUT2D eigenvalue weighted by atomic mass is 10.0. The highest BCUT2D eigenvalue weighted by atomic mass is 32.1. The van der Waals surface area contributed by atoms with Crippen LogP contribution >= 0.6 is 11.3 Å². The average Bonchev–Trinajstić information content (AvgIpc) is 3.67. The molecule has 1 fully saturated rings. The van der Waals surface area contributed by atoms with Crippen molar-refractivity contribution in [3.63, 3.8) is 0 Å². The first-order valence-corrected chi connectivity index (χ1v) is 15.0. The molecule has 3 aromatic rings. The van der Waals surface area contributed by atoms with Crippen LogP contribution in [-0.4, -0.2) is 59.2 Å². The minimum Gasteiger partial charge on any atom is -0.332 e. The van der Waals surface area contributed by atoms with E-state index in [2.05, 4.69) is 11.8 Å². The number of carbonyl (C=O) groups excluding carboxylic acids is 2. The molecule has 0 N–H and O–H groups in total. The summed E-state index contributed by atoms with van der Waals surface area (Å²) in [5.41, 5.74) is 2.71. The third-order valence-corrected chi connectivity index (χ3v) is 8.20. The Morgan fingerprint density at radius 1 is 0.897 bits per heavy atom. The van der Waals surface area contributed by atoms with Gasteiger partial charge in [0.2, 0.25) is 5.91 Å². The van der Waals surface area contributed by atoms with E-state index in [9.17, 15) is 14.0 Å². The van der Waals surface area contributed by atoms with Gasteiger partial charge in [0, 0.05) is 30.1 Å². The molecule has 5 nitrogen and oxygen atoms in total. The molecule has 39 heavy (non-hydrogen) atoms. The van der Waals surface area contributed by atoms with E-state index in [1.165, 1.54) is 43.4 Å². The Kier molecular flexibility index (Phi) is 11.1. The molecule has 2 heterocycles. The van der Waals surface area contributed by atoms with Crippen molar-refractivity contribution in [1.29, 1.82) is 0 Å². The molecule has 2 aromatic carbocycles. The van der Waals surface area contributed by atoms with Gasteiger partial charge in [0.25, 0.3) is 5.91 Å². The van der Waals surface area contributed by atoms with Crippen molar-refractivity contribution < 1.29 is 14.0 Å². The monoisotopic (exact) mass is 549 g/mol. The van der Waals surface area contributed by atoms with Gasteiger partial charge in [-0.3, -0.25) is 9.59 Å². The second-order valence-electron chi connectivity index (χ2n) is 10.4. The lowest BCUT2D eigenvalue weighted by molar-refractivity contribution is -0.133. The molecule has 1 aromatic heterocycles. The number of rotatable bonds is 14. The van der Waals surface area contributed by atoms with E-state index < -0.39 is 0 Å². The van der Waals surface area contributed by atoms with Crippen LogP contribution in [-0.2, 0) is 24.3 Å². The number of amides is 2. The molecule has 0 unspecified atom stereocenters. The van der Waals surface area contributed by atoms with E-state index >= 15 is 0 Å². The SMILES string of the molecule is CCCCCc1ccc(C(=O)N(CCN2CCCC2)CC(=O)N(Cc2ccc(F)cc2)Cc2cccs2)cc1. The molecule has 0 saturated carbocycles. The second kappa shape index (κ2) is 14.9. The van der Waals surface area contributed by atoms with Crippen molar-refractivity contribution in [2.24, 2.45) is 0 Å². The molecule has 1 aliphatic heterocycles. The van der Waals surface area contributed by atoms with Crippen LogP contribution < -0.4 is 0 Å². The van der Waals surface area contributed by atoms with Crippen LogP contribution in [0.25, 0.3) is 0 Å². The molecule has 7 heteroatoms. The largest absolute Gasteiger partial charge is 0.332 e. The first-order chi connectivity index (χ1) is 19.0. The molecule has 0 aliphatic carbocycles. The highest BCUT2D eigenvalue weighted by molar-refractivity contribution is 7.09. The van der Waals surface area contributed by atoms with Gasteiger partial charge in [-0.15, -0.1) is 11.3 Å². The van der Waals surface area contributed by atoms with Gasteiger partial charge >= 0.3 is 0 Å². The van der Waals surface area contributed by atoms with E-state index in [4.69, 9.17) is 0 Å². The minimum absolute atomic E-state index is 0.0114. The third-order valence-electron chi connectivity index (χ3n) is 7.33. The lowest BCUT2D eigenvalue weighted by Gasteiger charge is -2.29. The quantitative estimate of drug-likeness (QED) is 0.219. The van der Waals surface area contributed by atoms with Crippen LogP contribution in [0.3, 0.4) is 0 Å². The zero-order chi connectivity index (χ0) is 27.5. The number of thiophene rings is 1. The molecular weight excluding hydrogens is 509 g/mol. The molecule has 0 bridgehead atoms. The molecule has 208 valence electrons. The number of halogens is 1. The Labute approximate surface area is 236 Å². The number of hydrogen-bond donors (Lipinski definition) is 0. The fourth-order valence-corrected chi connectivity index (χ4v) is 5.71. The first kappa shape index (κ1) is 29.0. The van der Waals surface area contributed by atoms with E-state index in [1.54, 1.807) is 33.3 Å². The Hall–Kier alpha value is -3.03. The standard InChI is InChI=1S/C32H40FN3O2S/c1-2-3-4-8-26-10-14-28(15-11-26)32(38)35(21-20-34-18-5-6-19-34)25-31(37)36(24-30-9-7-22-39-30)23-27-12-16-29(33)17-13-27/h7,9-17,22H,2-6,8,18-21,23-25H2,1H3. The number of hydrogen-bond acceptors (Lipinski definition) is 4. The van der Waals surface area contributed by atoms with E-state index in [0.29, 0.717) is 25.2 Å². The first-order valence-electron chi connectivity index (χ1n) is 14.2. The Morgan fingerprint density at radius 2 is 1.62 bits per heavy atom. The topological polar surface area (TPSA) is 43.9 Å². The Morgan fingerprint density at radius 3 is 2.28 bits per heavy atom. The third kappa shape index (κ3) is 9.01. The predicted octanol–water partition coefficient (Wildman–Crippen LogP) is 6.39. The van der Waals surface area contributed by atoms with Crippen LogP contribution in [0.5, 0.6) is 0 Å². The number of nitrogens with zero attached hydrogens (tertiary/aromatic N) is 3. The van der Waals surface area contributed by atoms with E-state index in [-0.39, 0.29) is 24.2 Å². The summed E-state index contributed by atoms with van der Waals surface area (Å²) in [6, 6.07) is 18.1. The zero-order valence-corrected chi connectivity index (χ0v) is 23.8. The van der Waals surface area contributed by atoms with Gasteiger partial charge in [-0.25, -0.2) is 4.39 Å². The molecule has 4 rings (SSSR count). The molecular formula is C32H40FN3O2S. The van der Waals surface area contributed by atoms with Crippen LogP contribution in [0.1, 0.15) is 65.4 Å². The fourth-order valence-electron chi connectivity index (χ4n) is 4.99. The Bertz CT molecular complexity index is 1160. The van der Waals surface area contributed by atoms with Crippen LogP contribution in [0, 0.1) is 5.82 Å². The van der Waals surface area contributed by atoms with Crippen molar-refractivity contribution in [3.8, 4) is 0 Å². The Balaban J connectivity index is 1.49. The smallest absolute Gasteiger partial charge is 0.254 e. The summed E-state index contributed by atoms with van der Waals surface area (Å²) in [6.45, 7) is 6.36. The van der Waals surface area contributed by atoms with Gasteiger partial charge < -0.3 is 14.7 Å². The summed E-state index contributed by atoms with van der Waals surface area (Å²) in [6.07, 6.45) is 6.90. The summed E-state index contributed by atoms with van der Waals surface area (Å²) in [7, 11) is 0. The van der Waals surface area contributed by atoms with Gasteiger partial charge in [-0.2, -0.15) is 0 Å². The summed E-state index contributed by atoms with van der Waals surface area (Å²) in [5, 5.41) is 1.99. The maximum atomic E-state index is 13.7. The van der Waals surface area contributed by atoms with Crippen molar-refractivity contribution in [2.75, 3.05) is 32.7 Å². The van der Waals surface area contributed by atoms with Crippen LogP contribution in [0.15, 0.2) is 66.0 Å². The zero-order valence-electron chi connectivity index (χ0n) is 23.0. The number of benzene rings is 2. The van der Waals surface area contributed by atoms with Crippen molar-refractivity contribution in [2.45, 2.75) is 58.5 Å².